The molecule has 2 heterocycles. The van der Waals surface area contributed by atoms with E-state index in [1.54, 1.807) is 36.4 Å². The number of benzene rings is 2. The largest absolute Gasteiger partial charge is 0.497 e. The number of rotatable bonds is 10. The molecule has 0 aliphatic carbocycles. The second kappa shape index (κ2) is 12.6. The van der Waals surface area contributed by atoms with Crippen molar-refractivity contribution in [1.29, 1.82) is 5.26 Å². The minimum atomic E-state index is -0.727. The maximum Gasteiger partial charge on any atom is 0.338 e. The predicted molar refractivity (Wildman–Crippen MR) is 148 cm³/mol. The molecule has 1 saturated heterocycles. The standard InChI is InChI=1S/C30H27N3O6S/c1-18(2)14-22-9-4-21(16-31)28(32-22)40-26-15-27(35)33(29(26)36)23-10-5-20(6-11-23)30(37)39-17-25(34)19-7-12-24(38-3)13-8-19/h4-13,18,26H,14-15,17H2,1-3H3. The summed E-state index contributed by atoms with van der Waals surface area (Å²) in [4.78, 5) is 56.4. The Labute approximate surface area is 236 Å². The normalized spacial score (nSPS) is 14.8. The molecule has 1 unspecified atom stereocenters. The number of Topliss-reactive ketones (excluding diaryl/α,β-unsaturated/α-hetero) is 1. The molecular weight excluding hydrogens is 530 g/mol. The van der Waals surface area contributed by atoms with Crippen LogP contribution in [-0.4, -0.2) is 47.5 Å². The van der Waals surface area contributed by atoms with Crippen molar-refractivity contribution < 1.29 is 28.7 Å². The Morgan fingerprint density at radius 3 is 2.35 bits per heavy atom. The summed E-state index contributed by atoms with van der Waals surface area (Å²) >= 11 is 1.11. The first-order chi connectivity index (χ1) is 19.2. The van der Waals surface area contributed by atoms with Crippen LogP contribution in [0.3, 0.4) is 0 Å². The van der Waals surface area contributed by atoms with Crippen LogP contribution < -0.4 is 9.64 Å². The Bertz CT molecular complexity index is 1480. The first kappa shape index (κ1) is 28.5. The van der Waals surface area contributed by atoms with Crippen molar-refractivity contribution in [3.8, 4) is 11.8 Å². The average Bonchev–Trinajstić information content (AvgIpc) is 3.23. The van der Waals surface area contributed by atoms with Gasteiger partial charge in [0.25, 0.3) is 0 Å². The molecular formula is C30H27N3O6S. The van der Waals surface area contributed by atoms with Gasteiger partial charge in [0.15, 0.2) is 12.4 Å². The van der Waals surface area contributed by atoms with E-state index in [0.29, 0.717) is 33.5 Å². The molecule has 9 nitrogen and oxygen atoms in total. The molecule has 3 aromatic rings. The summed E-state index contributed by atoms with van der Waals surface area (Å²) in [5.41, 5.74) is 2.03. The number of hydrogen-bond acceptors (Lipinski definition) is 9. The molecule has 0 saturated carbocycles. The number of ether oxygens (including phenoxy) is 2. The zero-order valence-electron chi connectivity index (χ0n) is 22.2. The van der Waals surface area contributed by atoms with Gasteiger partial charge in [-0.25, -0.2) is 14.7 Å². The van der Waals surface area contributed by atoms with E-state index in [0.717, 1.165) is 28.8 Å². The molecule has 0 bridgehead atoms. The fourth-order valence-electron chi connectivity index (χ4n) is 4.11. The number of hydrogen-bond donors (Lipinski definition) is 0. The highest BCUT2D eigenvalue weighted by molar-refractivity contribution is 8.00. The lowest BCUT2D eigenvalue weighted by atomic mass is 10.1. The summed E-state index contributed by atoms with van der Waals surface area (Å²) in [5, 5.41) is 9.20. The molecule has 1 fully saturated rings. The van der Waals surface area contributed by atoms with Crippen LogP contribution in [0.15, 0.2) is 65.7 Å². The molecule has 0 radical (unpaired) electrons. The third-order valence-corrected chi connectivity index (χ3v) is 7.31. The van der Waals surface area contributed by atoms with E-state index in [1.165, 1.54) is 31.4 Å². The number of nitrogens with zero attached hydrogens (tertiary/aromatic N) is 3. The summed E-state index contributed by atoms with van der Waals surface area (Å²) in [6.45, 7) is 3.69. The molecule has 1 atom stereocenters. The molecule has 40 heavy (non-hydrogen) atoms. The third kappa shape index (κ3) is 6.55. The lowest BCUT2D eigenvalue weighted by molar-refractivity contribution is -0.121. The van der Waals surface area contributed by atoms with Crippen molar-refractivity contribution in [1.82, 2.24) is 4.98 Å². The lowest BCUT2D eigenvalue weighted by Crippen LogP contribution is -2.31. The summed E-state index contributed by atoms with van der Waals surface area (Å²) in [6, 6.07) is 17.9. The van der Waals surface area contributed by atoms with E-state index in [1.807, 2.05) is 0 Å². The number of carbonyl (C=O) groups is 4. The van der Waals surface area contributed by atoms with Gasteiger partial charge in [-0.2, -0.15) is 5.26 Å². The number of pyridine rings is 1. The van der Waals surface area contributed by atoms with Crippen LogP contribution in [-0.2, 0) is 20.7 Å². The van der Waals surface area contributed by atoms with E-state index in [-0.39, 0.29) is 23.7 Å². The van der Waals surface area contributed by atoms with Crippen molar-refractivity contribution in [2.45, 2.75) is 37.0 Å². The van der Waals surface area contributed by atoms with Gasteiger partial charge in [0.2, 0.25) is 11.8 Å². The fraction of sp³-hybridized carbons (Fsp3) is 0.267. The molecule has 2 aromatic carbocycles. The van der Waals surface area contributed by atoms with Crippen molar-refractivity contribution >= 4 is 41.0 Å². The molecule has 0 N–H and O–H groups in total. The quantitative estimate of drug-likeness (QED) is 0.199. The smallest absolute Gasteiger partial charge is 0.338 e. The number of nitriles is 1. The number of anilines is 1. The number of esters is 1. The number of imide groups is 1. The number of carbonyl (C=O) groups excluding carboxylic acids is 4. The van der Waals surface area contributed by atoms with Gasteiger partial charge in [-0.15, -0.1) is 0 Å². The van der Waals surface area contributed by atoms with Crippen LogP contribution in [0.2, 0.25) is 0 Å². The number of thioether (sulfide) groups is 1. The van der Waals surface area contributed by atoms with E-state index in [4.69, 9.17) is 9.47 Å². The molecule has 1 aliphatic heterocycles. The Kier molecular flexibility index (Phi) is 8.97. The highest BCUT2D eigenvalue weighted by Crippen LogP contribution is 2.35. The van der Waals surface area contributed by atoms with Gasteiger partial charge in [-0.05, 0) is 73.0 Å². The number of aromatic nitrogens is 1. The molecule has 0 spiro atoms. The Morgan fingerprint density at radius 1 is 1.05 bits per heavy atom. The minimum absolute atomic E-state index is 0.0400. The van der Waals surface area contributed by atoms with Gasteiger partial charge >= 0.3 is 5.97 Å². The lowest BCUT2D eigenvalue weighted by Gasteiger charge is -2.15. The first-order valence-corrected chi connectivity index (χ1v) is 13.5. The van der Waals surface area contributed by atoms with E-state index in [2.05, 4.69) is 24.9 Å². The summed E-state index contributed by atoms with van der Waals surface area (Å²) in [7, 11) is 1.52. The zero-order valence-corrected chi connectivity index (χ0v) is 23.1. The van der Waals surface area contributed by atoms with Gasteiger partial charge in [0.1, 0.15) is 16.8 Å². The van der Waals surface area contributed by atoms with Crippen LogP contribution in [0.5, 0.6) is 5.75 Å². The molecule has 2 amide bonds. The van der Waals surface area contributed by atoms with Gasteiger partial charge in [-0.3, -0.25) is 14.4 Å². The molecule has 10 heteroatoms. The van der Waals surface area contributed by atoms with Crippen LogP contribution in [0.4, 0.5) is 5.69 Å². The van der Waals surface area contributed by atoms with E-state index < -0.39 is 23.7 Å². The predicted octanol–water partition coefficient (Wildman–Crippen LogP) is 4.62. The number of ketones is 1. The highest BCUT2D eigenvalue weighted by atomic mass is 32.2. The second-order valence-corrected chi connectivity index (χ2v) is 10.7. The minimum Gasteiger partial charge on any atom is -0.497 e. The monoisotopic (exact) mass is 557 g/mol. The molecule has 1 aliphatic rings. The van der Waals surface area contributed by atoms with Crippen molar-refractivity contribution in [3.63, 3.8) is 0 Å². The summed E-state index contributed by atoms with van der Waals surface area (Å²) in [5.74, 6) is -0.911. The maximum absolute atomic E-state index is 13.2. The topological polar surface area (TPSA) is 127 Å². The zero-order chi connectivity index (χ0) is 28.8. The van der Waals surface area contributed by atoms with E-state index in [9.17, 15) is 24.4 Å². The van der Waals surface area contributed by atoms with E-state index >= 15 is 0 Å². The van der Waals surface area contributed by atoms with Crippen molar-refractivity contribution in [2.75, 3.05) is 18.6 Å². The maximum atomic E-state index is 13.2. The fourth-order valence-corrected chi connectivity index (χ4v) is 5.22. The Morgan fingerprint density at radius 2 is 1.73 bits per heavy atom. The molecule has 4 rings (SSSR count). The molecule has 1 aromatic heterocycles. The summed E-state index contributed by atoms with van der Waals surface area (Å²) in [6.07, 6.45) is 0.690. The van der Waals surface area contributed by atoms with Crippen LogP contribution >= 0.6 is 11.8 Å². The van der Waals surface area contributed by atoms with Gasteiger partial charge in [0.05, 0.1) is 29.2 Å². The summed E-state index contributed by atoms with van der Waals surface area (Å²) < 4.78 is 10.2. The highest BCUT2D eigenvalue weighted by Gasteiger charge is 2.40. The van der Waals surface area contributed by atoms with Crippen LogP contribution in [0, 0.1) is 17.2 Å². The third-order valence-electron chi connectivity index (χ3n) is 6.12. The number of amides is 2. The van der Waals surface area contributed by atoms with Crippen molar-refractivity contribution in [2.24, 2.45) is 5.92 Å². The Balaban J connectivity index is 1.40. The van der Waals surface area contributed by atoms with Gasteiger partial charge in [-0.1, -0.05) is 25.6 Å². The molecule has 204 valence electrons. The van der Waals surface area contributed by atoms with Crippen molar-refractivity contribution in [3.05, 3.63) is 83.0 Å². The second-order valence-electron chi connectivity index (χ2n) is 9.52. The Hall–Kier alpha value is -4.49. The van der Waals surface area contributed by atoms with Crippen LogP contribution in [0.25, 0.3) is 0 Å². The van der Waals surface area contributed by atoms with Gasteiger partial charge in [0, 0.05) is 17.7 Å². The SMILES string of the molecule is COc1ccc(C(=O)COC(=O)c2ccc(N3C(=O)CC(Sc4nc(CC(C)C)ccc4C#N)C3=O)cc2)cc1. The van der Waals surface area contributed by atoms with Gasteiger partial charge < -0.3 is 9.47 Å². The number of methoxy groups -OCH3 is 1. The first-order valence-electron chi connectivity index (χ1n) is 12.6. The van der Waals surface area contributed by atoms with Crippen LogP contribution in [0.1, 0.15) is 52.2 Å². The average molecular weight is 558 g/mol.